The van der Waals surface area contributed by atoms with Gasteiger partial charge in [0.1, 0.15) is 5.75 Å². The van der Waals surface area contributed by atoms with E-state index in [0.29, 0.717) is 18.1 Å². The molecule has 3 rings (SSSR count). The van der Waals surface area contributed by atoms with Gasteiger partial charge in [-0.15, -0.1) is 0 Å². The summed E-state index contributed by atoms with van der Waals surface area (Å²) in [7, 11) is 0. The number of hydrogen-bond acceptors (Lipinski definition) is 3. The van der Waals surface area contributed by atoms with Crippen LogP contribution in [0.4, 0.5) is 0 Å². The van der Waals surface area contributed by atoms with Crippen molar-refractivity contribution in [2.75, 3.05) is 6.54 Å². The normalized spacial score (nSPS) is 20.3. The van der Waals surface area contributed by atoms with Crippen LogP contribution in [0.2, 0.25) is 0 Å². The van der Waals surface area contributed by atoms with E-state index in [4.69, 9.17) is 5.11 Å². The molecule has 4 heteroatoms. The van der Waals surface area contributed by atoms with E-state index in [1.807, 2.05) is 24.3 Å². The summed E-state index contributed by atoms with van der Waals surface area (Å²) in [6.45, 7) is 1.91. The summed E-state index contributed by atoms with van der Waals surface area (Å²) in [5, 5.41) is 18.7. The molecule has 0 radical (unpaired) electrons. The van der Waals surface area contributed by atoms with E-state index in [9.17, 15) is 9.90 Å². The first kappa shape index (κ1) is 19.2. The average Bonchev–Trinajstić information content (AvgIpc) is 3.04. The summed E-state index contributed by atoms with van der Waals surface area (Å²) < 4.78 is 0. The zero-order chi connectivity index (χ0) is 19.1. The van der Waals surface area contributed by atoms with Crippen LogP contribution in [0.3, 0.4) is 0 Å². The van der Waals surface area contributed by atoms with E-state index in [2.05, 4.69) is 41.3 Å². The molecule has 1 aliphatic heterocycles. The number of likely N-dealkylation sites (tertiary alicyclic amines) is 1. The summed E-state index contributed by atoms with van der Waals surface area (Å²) in [4.78, 5) is 13.1. The lowest BCUT2D eigenvalue weighted by Gasteiger charge is -2.28. The van der Waals surface area contributed by atoms with Gasteiger partial charge < -0.3 is 10.2 Å². The Morgan fingerprint density at radius 2 is 1.93 bits per heavy atom. The van der Waals surface area contributed by atoms with Crippen molar-refractivity contribution in [2.24, 2.45) is 5.92 Å². The lowest BCUT2D eigenvalue weighted by atomic mass is 9.90. The van der Waals surface area contributed by atoms with E-state index in [1.165, 1.54) is 5.56 Å². The number of carboxylic acids is 1. The number of aromatic hydroxyl groups is 1. The molecule has 0 aliphatic carbocycles. The summed E-state index contributed by atoms with van der Waals surface area (Å²) in [6.07, 6.45) is 6.87. The second kappa shape index (κ2) is 9.38. The molecule has 4 nitrogen and oxygen atoms in total. The van der Waals surface area contributed by atoms with Gasteiger partial charge in [0.2, 0.25) is 0 Å². The highest BCUT2D eigenvalue weighted by Crippen LogP contribution is 2.41. The molecular formula is C23H27NO3. The molecule has 2 aromatic carbocycles. The topological polar surface area (TPSA) is 60.8 Å². The van der Waals surface area contributed by atoms with Gasteiger partial charge in [-0.3, -0.25) is 9.69 Å². The number of hydrogen-bond donors (Lipinski definition) is 2. The van der Waals surface area contributed by atoms with Crippen LogP contribution < -0.4 is 0 Å². The van der Waals surface area contributed by atoms with Crippen LogP contribution in [0.15, 0.2) is 66.7 Å². The zero-order valence-corrected chi connectivity index (χ0v) is 15.5. The smallest absolute Gasteiger partial charge is 0.303 e. The van der Waals surface area contributed by atoms with Gasteiger partial charge in [0, 0.05) is 19.0 Å². The summed E-state index contributed by atoms with van der Waals surface area (Å²) in [6, 6.07) is 18.3. The van der Waals surface area contributed by atoms with Crippen molar-refractivity contribution in [1.29, 1.82) is 0 Å². The van der Waals surface area contributed by atoms with Gasteiger partial charge >= 0.3 is 5.97 Å². The summed E-state index contributed by atoms with van der Waals surface area (Å²) in [5.74, 6) is -0.00130. The standard InChI is InChI=1S/C23H27NO3/c25-21-12-7-11-20(16-21)23-19(10-5-2-6-13-22(26)27)14-15-24(23)17-18-8-3-1-4-9-18/h1-5,7-9,11-12,16,19,23,25H,6,10,13-15,17H2,(H,26,27)/b5-2-/t19-,23-/m0/s1. The predicted octanol–water partition coefficient (Wildman–Crippen LogP) is 4.77. The Bertz CT molecular complexity index is 772. The van der Waals surface area contributed by atoms with Crippen LogP contribution in [-0.4, -0.2) is 27.6 Å². The van der Waals surface area contributed by atoms with Crippen molar-refractivity contribution >= 4 is 5.97 Å². The van der Waals surface area contributed by atoms with Crippen molar-refractivity contribution in [2.45, 2.75) is 38.3 Å². The zero-order valence-electron chi connectivity index (χ0n) is 15.5. The molecular weight excluding hydrogens is 338 g/mol. The van der Waals surface area contributed by atoms with E-state index < -0.39 is 5.97 Å². The third-order valence-corrected chi connectivity index (χ3v) is 5.20. The lowest BCUT2D eigenvalue weighted by Crippen LogP contribution is -2.25. The molecule has 27 heavy (non-hydrogen) atoms. The number of benzene rings is 2. The third-order valence-electron chi connectivity index (χ3n) is 5.20. The second-order valence-corrected chi connectivity index (χ2v) is 7.18. The largest absolute Gasteiger partial charge is 0.508 e. The Labute approximate surface area is 160 Å². The maximum absolute atomic E-state index is 10.6. The van der Waals surface area contributed by atoms with Crippen molar-refractivity contribution < 1.29 is 15.0 Å². The van der Waals surface area contributed by atoms with Crippen molar-refractivity contribution in [1.82, 2.24) is 4.90 Å². The van der Waals surface area contributed by atoms with Crippen LogP contribution in [0.25, 0.3) is 0 Å². The fourth-order valence-corrected chi connectivity index (χ4v) is 3.96. The minimum absolute atomic E-state index is 0.178. The van der Waals surface area contributed by atoms with Crippen LogP contribution in [0.5, 0.6) is 5.75 Å². The minimum Gasteiger partial charge on any atom is -0.508 e. The fourth-order valence-electron chi connectivity index (χ4n) is 3.96. The molecule has 0 amide bonds. The van der Waals surface area contributed by atoms with Crippen molar-refractivity contribution in [3.8, 4) is 5.75 Å². The van der Waals surface area contributed by atoms with E-state index in [-0.39, 0.29) is 12.5 Å². The first-order chi connectivity index (χ1) is 13.1. The fraction of sp³-hybridized carbons (Fsp3) is 0.348. The summed E-state index contributed by atoms with van der Waals surface area (Å²) >= 11 is 0. The third kappa shape index (κ3) is 5.44. The molecule has 0 aromatic heterocycles. The molecule has 1 fully saturated rings. The number of phenols is 1. The van der Waals surface area contributed by atoms with Crippen molar-refractivity contribution in [3.05, 3.63) is 77.9 Å². The predicted molar refractivity (Wildman–Crippen MR) is 106 cm³/mol. The molecule has 2 atom stereocenters. The maximum atomic E-state index is 10.6. The number of phenolic OH excluding ortho intramolecular Hbond substituents is 1. The highest BCUT2D eigenvalue weighted by atomic mass is 16.4. The van der Waals surface area contributed by atoms with E-state index >= 15 is 0 Å². The van der Waals surface area contributed by atoms with Gasteiger partial charge in [-0.05, 0) is 55.0 Å². The van der Waals surface area contributed by atoms with Gasteiger partial charge in [-0.25, -0.2) is 0 Å². The Morgan fingerprint density at radius 3 is 2.67 bits per heavy atom. The Balaban J connectivity index is 1.73. The van der Waals surface area contributed by atoms with Crippen LogP contribution in [0, 0.1) is 5.92 Å². The van der Waals surface area contributed by atoms with E-state index in [1.54, 1.807) is 6.07 Å². The summed E-state index contributed by atoms with van der Waals surface area (Å²) in [5.41, 5.74) is 2.44. The quantitative estimate of drug-likeness (QED) is 0.662. The molecule has 0 saturated carbocycles. The molecule has 0 spiro atoms. The Hall–Kier alpha value is -2.59. The number of allylic oxidation sites excluding steroid dienone is 2. The van der Waals surface area contributed by atoms with Crippen molar-refractivity contribution in [3.63, 3.8) is 0 Å². The first-order valence-corrected chi connectivity index (χ1v) is 9.57. The number of carbonyl (C=O) groups is 1. The average molecular weight is 365 g/mol. The van der Waals surface area contributed by atoms with Gasteiger partial charge in [-0.1, -0.05) is 54.6 Å². The van der Waals surface area contributed by atoms with Crippen LogP contribution in [-0.2, 0) is 11.3 Å². The molecule has 2 N–H and O–H groups in total. The SMILES string of the molecule is O=C(O)CC/C=C\C[C@H]1CCN(Cc2ccccc2)[C@@H]1c1cccc(O)c1. The molecule has 0 bridgehead atoms. The van der Waals surface area contributed by atoms with Crippen LogP contribution in [0.1, 0.15) is 42.9 Å². The molecule has 142 valence electrons. The maximum Gasteiger partial charge on any atom is 0.303 e. The molecule has 1 heterocycles. The number of rotatable bonds is 8. The Kier molecular flexibility index (Phi) is 6.66. The number of nitrogens with zero attached hydrogens (tertiary/aromatic N) is 1. The number of aliphatic carboxylic acids is 1. The monoisotopic (exact) mass is 365 g/mol. The molecule has 1 aliphatic rings. The van der Waals surface area contributed by atoms with Gasteiger partial charge in [-0.2, -0.15) is 0 Å². The number of carboxylic acid groups (broad SMARTS) is 1. The minimum atomic E-state index is -0.757. The van der Waals surface area contributed by atoms with Gasteiger partial charge in [0.15, 0.2) is 0 Å². The molecule has 0 unspecified atom stereocenters. The van der Waals surface area contributed by atoms with Gasteiger partial charge in [0.25, 0.3) is 0 Å². The molecule has 2 aromatic rings. The van der Waals surface area contributed by atoms with E-state index in [0.717, 1.165) is 31.5 Å². The lowest BCUT2D eigenvalue weighted by molar-refractivity contribution is -0.136. The Morgan fingerprint density at radius 1 is 1.11 bits per heavy atom. The first-order valence-electron chi connectivity index (χ1n) is 9.57. The highest BCUT2D eigenvalue weighted by molar-refractivity contribution is 5.66. The van der Waals surface area contributed by atoms with Crippen LogP contribution >= 0.6 is 0 Å². The highest BCUT2D eigenvalue weighted by Gasteiger charge is 2.34. The van der Waals surface area contributed by atoms with Gasteiger partial charge in [0.05, 0.1) is 0 Å². The second-order valence-electron chi connectivity index (χ2n) is 7.18. The molecule has 1 saturated heterocycles.